The van der Waals surface area contributed by atoms with Gasteiger partial charge >= 0.3 is 5.97 Å². The summed E-state index contributed by atoms with van der Waals surface area (Å²) in [4.78, 5) is 14.2. The minimum atomic E-state index is -0.901. The van der Waals surface area contributed by atoms with Crippen LogP contribution in [0, 0.1) is 0 Å². The van der Waals surface area contributed by atoms with Crippen LogP contribution in [0.4, 0.5) is 0 Å². The monoisotopic (exact) mass is 307 g/mol. The second-order valence-corrected chi connectivity index (χ2v) is 7.01. The largest absolute Gasteiger partial charge is 0.478 e. The van der Waals surface area contributed by atoms with Crippen LogP contribution in [0.1, 0.15) is 47.8 Å². The lowest BCUT2D eigenvalue weighted by atomic mass is 9.86. The Bertz CT molecular complexity index is 851. The molecule has 3 nitrogen and oxygen atoms in total. The van der Waals surface area contributed by atoms with Gasteiger partial charge in [0.25, 0.3) is 0 Å². The van der Waals surface area contributed by atoms with Crippen molar-refractivity contribution in [3.8, 4) is 0 Å². The second kappa shape index (κ2) is 5.58. The molecule has 3 aromatic rings. The molecule has 1 aromatic heterocycles. The van der Waals surface area contributed by atoms with Crippen molar-refractivity contribution < 1.29 is 9.90 Å². The molecule has 2 aromatic carbocycles. The lowest BCUT2D eigenvalue weighted by Gasteiger charge is -2.19. The van der Waals surface area contributed by atoms with Crippen molar-refractivity contribution in [1.82, 2.24) is 4.98 Å². The first-order valence-corrected chi connectivity index (χ1v) is 7.77. The molecule has 0 aliphatic heterocycles. The van der Waals surface area contributed by atoms with Gasteiger partial charge in [-0.05, 0) is 34.6 Å². The third kappa shape index (κ3) is 3.14. The highest BCUT2D eigenvalue weighted by Crippen LogP contribution is 2.24. The average Bonchev–Trinajstić information content (AvgIpc) is 2.90. The summed E-state index contributed by atoms with van der Waals surface area (Å²) in [7, 11) is 0. The van der Waals surface area contributed by atoms with Gasteiger partial charge in [0.05, 0.1) is 5.56 Å². The number of aromatic amines is 1. The maximum absolute atomic E-state index is 11.1. The number of nitrogens with one attached hydrogen (secondary N) is 1. The van der Waals surface area contributed by atoms with Crippen LogP contribution in [0.2, 0.25) is 0 Å². The number of hydrogen-bond donors (Lipinski definition) is 2. The van der Waals surface area contributed by atoms with Gasteiger partial charge < -0.3 is 10.1 Å². The van der Waals surface area contributed by atoms with E-state index in [1.807, 2.05) is 18.2 Å². The highest BCUT2D eigenvalue weighted by atomic mass is 16.4. The summed E-state index contributed by atoms with van der Waals surface area (Å²) >= 11 is 0. The molecule has 0 atom stereocenters. The quantitative estimate of drug-likeness (QED) is 0.733. The predicted molar refractivity (Wildman–Crippen MR) is 93.2 cm³/mol. The molecule has 1 heterocycles. The molecule has 0 spiro atoms. The van der Waals surface area contributed by atoms with E-state index in [-0.39, 0.29) is 5.41 Å². The van der Waals surface area contributed by atoms with E-state index in [0.717, 1.165) is 17.3 Å². The zero-order chi connectivity index (χ0) is 16.6. The Morgan fingerprint density at radius 1 is 1.04 bits per heavy atom. The van der Waals surface area contributed by atoms with Crippen LogP contribution < -0.4 is 0 Å². The van der Waals surface area contributed by atoms with Gasteiger partial charge in [0.2, 0.25) is 0 Å². The van der Waals surface area contributed by atoms with Gasteiger partial charge in [0.15, 0.2) is 0 Å². The number of carboxylic acid groups (broad SMARTS) is 1. The molecule has 2 N–H and O–H groups in total. The molecule has 3 heteroatoms. The predicted octanol–water partition coefficient (Wildman–Crippen LogP) is 4.75. The highest BCUT2D eigenvalue weighted by molar-refractivity contribution is 6.03. The molecule has 0 aliphatic rings. The maximum atomic E-state index is 11.1. The number of H-pyrrole nitrogens is 1. The number of aromatic carboxylic acids is 1. The molecule has 118 valence electrons. The van der Waals surface area contributed by atoms with E-state index in [0.29, 0.717) is 5.56 Å². The SMILES string of the molecule is CC(C)(C)c1ccc(Cc2ccc3c(C(=O)O)c[nH]c3c2)cc1. The minimum Gasteiger partial charge on any atom is -0.478 e. The topological polar surface area (TPSA) is 53.1 Å². The first-order chi connectivity index (χ1) is 10.8. The number of benzene rings is 2. The zero-order valence-corrected chi connectivity index (χ0v) is 13.7. The van der Waals surface area contributed by atoms with E-state index in [4.69, 9.17) is 5.11 Å². The summed E-state index contributed by atoms with van der Waals surface area (Å²) in [5, 5.41) is 9.90. The molecular weight excluding hydrogens is 286 g/mol. The van der Waals surface area contributed by atoms with Gasteiger partial charge in [0.1, 0.15) is 0 Å². The Kier molecular flexibility index (Phi) is 3.72. The Morgan fingerprint density at radius 3 is 2.30 bits per heavy atom. The molecule has 0 saturated carbocycles. The van der Waals surface area contributed by atoms with Crippen LogP contribution in [0.3, 0.4) is 0 Å². The Morgan fingerprint density at radius 2 is 1.70 bits per heavy atom. The standard InChI is InChI=1S/C20H21NO2/c1-20(2,3)15-7-4-13(5-8-15)10-14-6-9-16-17(19(22)23)12-21-18(16)11-14/h4-9,11-12,21H,10H2,1-3H3,(H,22,23). The fraction of sp³-hybridized carbons (Fsp3) is 0.250. The van der Waals surface area contributed by atoms with Gasteiger partial charge in [0, 0.05) is 17.1 Å². The fourth-order valence-corrected chi connectivity index (χ4v) is 2.82. The minimum absolute atomic E-state index is 0.162. The highest BCUT2D eigenvalue weighted by Gasteiger charge is 2.13. The molecule has 0 aliphatic carbocycles. The van der Waals surface area contributed by atoms with Crippen LogP contribution in [0.25, 0.3) is 10.9 Å². The van der Waals surface area contributed by atoms with Crippen LogP contribution >= 0.6 is 0 Å². The van der Waals surface area contributed by atoms with Crippen molar-refractivity contribution in [2.45, 2.75) is 32.6 Å². The summed E-state index contributed by atoms with van der Waals surface area (Å²) in [6.07, 6.45) is 2.39. The van der Waals surface area contributed by atoms with Gasteiger partial charge in [-0.1, -0.05) is 57.2 Å². The van der Waals surface area contributed by atoms with E-state index in [9.17, 15) is 4.79 Å². The molecule has 0 fully saturated rings. The number of aromatic nitrogens is 1. The average molecular weight is 307 g/mol. The molecular formula is C20H21NO2. The first-order valence-electron chi connectivity index (χ1n) is 7.77. The molecule has 0 saturated heterocycles. The van der Waals surface area contributed by atoms with Gasteiger partial charge in [-0.3, -0.25) is 0 Å². The molecule has 0 amide bonds. The first kappa shape index (κ1) is 15.3. The summed E-state index contributed by atoms with van der Waals surface area (Å²) in [5.41, 5.74) is 5.09. The van der Waals surface area contributed by atoms with E-state index in [2.05, 4.69) is 50.0 Å². The van der Waals surface area contributed by atoms with Crippen LogP contribution in [-0.2, 0) is 11.8 Å². The third-order valence-corrected chi connectivity index (χ3v) is 4.20. The van der Waals surface area contributed by atoms with E-state index in [1.54, 1.807) is 6.20 Å². The van der Waals surface area contributed by atoms with Crippen LogP contribution in [0.5, 0.6) is 0 Å². The van der Waals surface area contributed by atoms with Crippen molar-refractivity contribution in [2.75, 3.05) is 0 Å². The molecule has 0 radical (unpaired) electrons. The molecule has 23 heavy (non-hydrogen) atoms. The number of carboxylic acids is 1. The summed E-state index contributed by atoms with van der Waals surface area (Å²) in [6.45, 7) is 6.63. The van der Waals surface area contributed by atoms with Crippen molar-refractivity contribution in [2.24, 2.45) is 0 Å². The van der Waals surface area contributed by atoms with Gasteiger partial charge in [-0.2, -0.15) is 0 Å². The van der Waals surface area contributed by atoms with Crippen molar-refractivity contribution in [3.63, 3.8) is 0 Å². The number of carbonyl (C=O) groups is 1. The van der Waals surface area contributed by atoms with Crippen molar-refractivity contribution in [1.29, 1.82) is 0 Å². The zero-order valence-electron chi connectivity index (χ0n) is 13.7. The Hall–Kier alpha value is -2.55. The maximum Gasteiger partial charge on any atom is 0.337 e. The number of hydrogen-bond acceptors (Lipinski definition) is 1. The second-order valence-electron chi connectivity index (χ2n) is 7.01. The van der Waals surface area contributed by atoms with Gasteiger partial charge in [-0.15, -0.1) is 0 Å². The summed E-state index contributed by atoms with van der Waals surface area (Å²) in [6, 6.07) is 14.6. The number of fused-ring (bicyclic) bond motifs is 1. The van der Waals surface area contributed by atoms with Crippen LogP contribution in [-0.4, -0.2) is 16.1 Å². The smallest absolute Gasteiger partial charge is 0.337 e. The van der Waals surface area contributed by atoms with Crippen molar-refractivity contribution in [3.05, 3.63) is 70.9 Å². The fourth-order valence-electron chi connectivity index (χ4n) is 2.82. The van der Waals surface area contributed by atoms with Crippen molar-refractivity contribution >= 4 is 16.9 Å². The lowest BCUT2D eigenvalue weighted by molar-refractivity contribution is 0.0699. The summed E-state index contributed by atoms with van der Waals surface area (Å²) in [5.74, 6) is -0.901. The van der Waals surface area contributed by atoms with E-state index >= 15 is 0 Å². The molecule has 0 bridgehead atoms. The molecule has 0 unspecified atom stereocenters. The third-order valence-electron chi connectivity index (χ3n) is 4.20. The van der Waals surface area contributed by atoms with E-state index < -0.39 is 5.97 Å². The van der Waals surface area contributed by atoms with E-state index in [1.165, 1.54) is 16.7 Å². The normalized spacial score (nSPS) is 11.8. The number of rotatable bonds is 3. The summed E-state index contributed by atoms with van der Waals surface area (Å²) < 4.78 is 0. The Balaban J connectivity index is 1.85. The molecule has 3 rings (SSSR count). The lowest BCUT2D eigenvalue weighted by Crippen LogP contribution is -2.10. The van der Waals surface area contributed by atoms with Crippen LogP contribution in [0.15, 0.2) is 48.7 Å². The van der Waals surface area contributed by atoms with Gasteiger partial charge in [-0.25, -0.2) is 4.79 Å². The Labute approximate surface area is 136 Å².